The van der Waals surface area contributed by atoms with Crippen LogP contribution in [0.4, 0.5) is 0 Å². The molecule has 9 nitrogen and oxygen atoms in total. The first-order chi connectivity index (χ1) is 16.7. The van der Waals surface area contributed by atoms with E-state index in [0.717, 1.165) is 28.3 Å². The van der Waals surface area contributed by atoms with Crippen LogP contribution in [-0.2, 0) is 4.79 Å². The Bertz CT molecular complexity index is 1270. The molecule has 0 bridgehead atoms. The molecule has 0 saturated heterocycles. The van der Waals surface area contributed by atoms with E-state index in [-0.39, 0.29) is 18.6 Å². The number of tetrazole rings is 1. The second-order valence-corrected chi connectivity index (χ2v) is 7.68. The minimum absolute atomic E-state index is 0.136. The molecule has 1 atom stereocenters. The lowest BCUT2D eigenvalue weighted by atomic mass is 9.98. The third kappa shape index (κ3) is 4.49. The Morgan fingerprint density at radius 1 is 0.971 bits per heavy atom. The summed E-state index contributed by atoms with van der Waals surface area (Å²) in [7, 11) is 1.63. The fourth-order valence-corrected chi connectivity index (χ4v) is 3.82. The first-order valence-corrected chi connectivity index (χ1v) is 10.8. The van der Waals surface area contributed by atoms with E-state index in [0.29, 0.717) is 12.2 Å². The van der Waals surface area contributed by atoms with E-state index in [2.05, 4.69) is 20.6 Å². The predicted octanol–water partition coefficient (Wildman–Crippen LogP) is 3.43. The molecular weight excluding hydrogens is 432 g/mol. The van der Waals surface area contributed by atoms with Gasteiger partial charge in [-0.25, -0.2) is 9.69 Å². The molecule has 2 heterocycles. The van der Waals surface area contributed by atoms with Crippen molar-refractivity contribution < 1.29 is 14.3 Å². The Morgan fingerprint density at radius 3 is 2.38 bits per heavy atom. The van der Waals surface area contributed by atoms with Crippen molar-refractivity contribution in [2.45, 2.75) is 12.5 Å². The van der Waals surface area contributed by atoms with Crippen LogP contribution >= 0.6 is 0 Å². The smallest absolute Gasteiger partial charge is 0.281 e. The molecule has 1 aromatic heterocycles. The third-order valence-electron chi connectivity index (χ3n) is 5.59. The minimum Gasteiger partial charge on any atom is -0.497 e. The standard InChI is InChI=1S/C25H22N6O3/c1-33-21-11-7-19(8-12-21)24-15-23(18-5-3-2-4-6-18)27-31(24)25(32)16-34-22-13-9-20(10-14-22)30-17-26-28-29-30/h2-14,17,24H,15-16H2,1H3. The quantitative estimate of drug-likeness (QED) is 0.425. The Hall–Kier alpha value is -4.53. The van der Waals surface area contributed by atoms with Crippen LogP contribution in [0.15, 0.2) is 90.3 Å². The van der Waals surface area contributed by atoms with Crippen LogP contribution < -0.4 is 9.47 Å². The highest BCUT2D eigenvalue weighted by atomic mass is 16.5. The summed E-state index contributed by atoms with van der Waals surface area (Å²) in [6, 6.07) is 24.6. The molecule has 0 aliphatic carbocycles. The van der Waals surface area contributed by atoms with Crippen molar-refractivity contribution in [3.05, 3.63) is 96.3 Å². The number of ether oxygens (including phenoxy) is 2. The fraction of sp³-hybridized carbons (Fsp3) is 0.160. The summed E-state index contributed by atoms with van der Waals surface area (Å²) < 4.78 is 12.6. The highest BCUT2D eigenvalue weighted by Gasteiger charge is 2.33. The number of rotatable bonds is 7. The third-order valence-corrected chi connectivity index (χ3v) is 5.59. The number of aromatic nitrogens is 4. The van der Waals surface area contributed by atoms with Gasteiger partial charge in [0.2, 0.25) is 0 Å². The summed E-state index contributed by atoms with van der Waals surface area (Å²) in [5.74, 6) is 1.10. The number of methoxy groups -OCH3 is 1. The second kappa shape index (κ2) is 9.53. The number of nitrogens with zero attached hydrogens (tertiary/aromatic N) is 6. The number of hydrazone groups is 1. The minimum atomic E-state index is -0.226. The second-order valence-electron chi connectivity index (χ2n) is 7.68. The van der Waals surface area contributed by atoms with Crippen LogP contribution in [0.2, 0.25) is 0 Å². The predicted molar refractivity (Wildman–Crippen MR) is 125 cm³/mol. The summed E-state index contributed by atoms with van der Waals surface area (Å²) in [6.07, 6.45) is 2.12. The average Bonchev–Trinajstić information content (AvgIpc) is 3.59. The molecule has 170 valence electrons. The van der Waals surface area contributed by atoms with Crippen LogP contribution in [0.1, 0.15) is 23.6 Å². The van der Waals surface area contributed by atoms with Crippen molar-refractivity contribution in [3.8, 4) is 17.2 Å². The summed E-state index contributed by atoms with van der Waals surface area (Å²) in [4.78, 5) is 13.2. The number of hydrogen-bond acceptors (Lipinski definition) is 7. The number of carbonyl (C=O) groups is 1. The van der Waals surface area contributed by atoms with E-state index >= 15 is 0 Å². The van der Waals surface area contributed by atoms with Gasteiger partial charge in [0.15, 0.2) is 6.61 Å². The molecular formula is C25H22N6O3. The van der Waals surface area contributed by atoms with E-state index in [4.69, 9.17) is 9.47 Å². The molecule has 34 heavy (non-hydrogen) atoms. The van der Waals surface area contributed by atoms with Gasteiger partial charge in [-0.1, -0.05) is 42.5 Å². The van der Waals surface area contributed by atoms with Gasteiger partial charge in [0, 0.05) is 6.42 Å². The fourth-order valence-electron chi connectivity index (χ4n) is 3.82. The molecule has 9 heteroatoms. The van der Waals surface area contributed by atoms with Gasteiger partial charge in [-0.2, -0.15) is 5.10 Å². The van der Waals surface area contributed by atoms with Crippen LogP contribution in [0.25, 0.3) is 5.69 Å². The molecule has 0 fully saturated rings. The molecule has 4 aromatic rings. The normalized spacial score (nSPS) is 15.1. The summed E-state index contributed by atoms with van der Waals surface area (Å²) >= 11 is 0. The van der Waals surface area contributed by atoms with Gasteiger partial charge >= 0.3 is 0 Å². The molecule has 0 N–H and O–H groups in total. The molecule has 1 unspecified atom stereocenters. The molecule has 3 aromatic carbocycles. The molecule has 1 aliphatic heterocycles. The monoisotopic (exact) mass is 454 g/mol. The van der Waals surface area contributed by atoms with Crippen molar-refractivity contribution in [1.29, 1.82) is 0 Å². The highest BCUT2D eigenvalue weighted by Crippen LogP contribution is 2.33. The van der Waals surface area contributed by atoms with Crippen molar-refractivity contribution in [3.63, 3.8) is 0 Å². The molecule has 5 rings (SSSR count). The average molecular weight is 454 g/mol. The van der Waals surface area contributed by atoms with Crippen LogP contribution in [0.5, 0.6) is 11.5 Å². The van der Waals surface area contributed by atoms with Crippen molar-refractivity contribution in [2.24, 2.45) is 5.10 Å². The SMILES string of the molecule is COc1ccc(C2CC(c3ccccc3)=NN2C(=O)COc2ccc(-n3cnnn3)cc2)cc1. The molecule has 0 spiro atoms. The van der Waals surface area contributed by atoms with Gasteiger partial charge in [0.05, 0.1) is 24.6 Å². The Morgan fingerprint density at radius 2 is 1.71 bits per heavy atom. The van der Waals surface area contributed by atoms with Crippen molar-refractivity contribution in [2.75, 3.05) is 13.7 Å². The van der Waals surface area contributed by atoms with Gasteiger partial charge in [-0.15, -0.1) is 5.10 Å². The van der Waals surface area contributed by atoms with Crippen LogP contribution in [-0.4, -0.2) is 50.6 Å². The summed E-state index contributed by atoms with van der Waals surface area (Å²) in [5, 5.41) is 17.3. The van der Waals surface area contributed by atoms with Crippen LogP contribution in [0.3, 0.4) is 0 Å². The maximum atomic E-state index is 13.2. The van der Waals surface area contributed by atoms with Crippen molar-refractivity contribution >= 4 is 11.6 Å². The number of amides is 1. The Labute approximate surface area is 196 Å². The van der Waals surface area contributed by atoms with Gasteiger partial charge in [-0.05, 0) is 58.0 Å². The maximum absolute atomic E-state index is 13.2. The summed E-state index contributed by atoms with van der Waals surface area (Å²) in [6.45, 7) is -0.136. The number of carbonyl (C=O) groups excluding carboxylic acids is 1. The lowest BCUT2D eigenvalue weighted by Crippen LogP contribution is -2.31. The topological polar surface area (TPSA) is 94.7 Å². The van der Waals surface area contributed by atoms with Gasteiger partial charge in [-0.3, -0.25) is 4.79 Å². The number of benzene rings is 3. The Balaban J connectivity index is 1.33. The highest BCUT2D eigenvalue weighted by molar-refractivity contribution is 6.03. The van der Waals surface area contributed by atoms with Gasteiger partial charge in [0.1, 0.15) is 17.8 Å². The lowest BCUT2D eigenvalue weighted by molar-refractivity contribution is -0.135. The Kier molecular flexibility index (Phi) is 5.98. The zero-order valence-electron chi connectivity index (χ0n) is 18.5. The van der Waals surface area contributed by atoms with Crippen molar-refractivity contribution in [1.82, 2.24) is 25.2 Å². The maximum Gasteiger partial charge on any atom is 0.281 e. The first kappa shape index (κ1) is 21.3. The van der Waals surface area contributed by atoms with Gasteiger partial charge < -0.3 is 9.47 Å². The van der Waals surface area contributed by atoms with E-state index in [1.807, 2.05) is 66.7 Å². The molecule has 0 saturated carbocycles. The van der Waals surface area contributed by atoms with E-state index in [1.165, 1.54) is 11.3 Å². The zero-order valence-corrected chi connectivity index (χ0v) is 18.5. The number of hydrogen-bond donors (Lipinski definition) is 0. The van der Waals surface area contributed by atoms with E-state index in [9.17, 15) is 4.79 Å². The lowest BCUT2D eigenvalue weighted by Gasteiger charge is -2.22. The largest absolute Gasteiger partial charge is 0.497 e. The molecule has 1 aliphatic rings. The van der Waals surface area contributed by atoms with E-state index in [1.54, 1.807) is 23.9 Å². The zero-order chi connectivity index (χ0) is 23.3. The van der Waals surface area contributed by atoms with E-state index < -0.39 is 0 Å². The first-order valence-electron chi connectivity index (χ1n) is 10.8. The van der Waals surface area contributed by atoms with Gasteiger partial charge in [0.25, 0.3) is 5.91 Å². The van der Waals surface area contributed by atoms with Crippen LogP contribution in [0, 0.1) is 0 Å². The molecule has 0 radical (unpaired) electrons. The molecule has 1 amide bonds. The summed E-state index contributed by atoms with van der Waals surface area (Å²) in [5.41, 5.74) is 3.63.